The zero-order valence-electron chi connectivity index (χ0n) is 11.6. The summed E-state index contributed by atoms with van der Waals surface area (Å²) in [5.74, 6) is -0.0375. The fraction of sp³-hybridized carbons (Fsp3) is 0.250. The van der Waals surface area contributed by atoms with Crippen LogP contribution in [0.1, 0.15) is 28.4 Å². The number of aryl methyl sites for hydroxylation is 1. The Bertz CT molecular complexity index is 596. The highest BCUT2D eigenvalue weighted by molar-refractivity contribution is 9.10. The Labute approximate surface area is 127 Å². The summed E-state index contributed by atoms with van der Waals surface area (Å²) in [6.45, 7) is 2.72. The van der Waals surface area contributed by atoms with Gasteiger partial charge >= 0.3 is 0 Å². The van der Waals surface area contributed by atoms with Crippen molar-refractivity contribution in [3.63, 3.8) is 0 Å². The molecule has 0 N–H and O–H groups in total. The molecule has 2 rings (SSSR count). The molecular formula is C16H17BrN2O. The van der Waals surface area contributed by atoms with Gasteiger partial charge in [0.05, 0.1) is 5.56 Å². The lowest BCUT2D eigenvalue weighted by Crippen LogP contribution is -2.26. The molecule has 20 heavy (non-hydrogen) atoms. The van der Waals surface area contributed by atoms with Crippen molar-refractivity contribution in [3.8, 4) is 0 Å². The van der Waals surface area contributed by atoms with Gasteiger partial charge in [-0.1, -0.05) is 31.2 Å². The topological polar surface area (TPSA) is 33.2 Å². The molecule has 0 radical (unpaired) electrons. The van der Waals surface area contributed by atoms with E-state index in [1.807, 2.05) is 0 Å². The third-order valence-electron chi connectivity index (χ3n) is 3.19. The van der Waals surface area contributed by atoms with Gasteiger partial charge in [-0.25, -0.2) is 4.98 Å². The number of benzene rings is 1. The lowest BCUT2D eigenvalue weighted by molar-refractivity contribution is 0.0783. The third-order valence-corrected chi connectivity index (χ3v) is 3.82. The molecule has 3 nitrogen and oxygen atoms in total. The van der Waals surface area contributed by atoms with E-state index in [1.165, 1.54) is 5.56 Å². The Hall–Kier alpha value is -1.68. The zero-order valence-corrected chi connectivity index (χ0v) is 13.2. The summed E-state index contributed by atoms with van der Waals surface area (Å²) in [4.78, 5) is 18.1. The van der Waals surface area contributed by atoms with Gasteiger partial charge in [0.15, 0.2) is 0 Å². The lowest BCUT2D eigenvalue weighted by Gasteiger charge is -2.18. The van der Waals surface area contributed by atoms with Crippen molar-refractivity contribution >= 4 is 21.8 Å². The third kappa shape index (κ3) is 3.45. The fourth-order valence-electron chi connectivity index (χ4n) is 1.98. The van der Waals surface area contributed by atoms with Gasteiger partial charge in [0, 0.05) is 19.8 Å². The maximum Gasteiger partial charge on any atom is 0.256 e. The van der Waals surface area contributed by atoms with Crippen LogP contribution in [0.2, 0.25) is 0 Å². The largest absolute Gasteiger partial charge is 0.337 e. The van der Waals surface area contributed by atoms with Crippen molar-refractivity contribution < 1.29 is 4.79 Å². The van der Waals surface area contributed by atoms with Gasteiger partial charge in [-0.3, -0.25) is 4.79 Å². The molecule has 0 fully saturated rings. The van der Waals surface area contributed by atoms with Crippen LogP contribution in [0.5, 0.6) is 0 Å². The van der Waals surface area contributed by atoms with Crippen LogP contribution < -0.4 is 0 Å². The Morgan fingerprint density at radius 3 is 2.45 bits per heavy atom. The standard InChI is InChI=1S/C16H17BrN2O/c1-3-12-6-8-13(9-7-12)11-19(2)16(20)14-5-4-10-18-15(14)17/h4-10H,3,11H2,1-2H3. The summed E-state index contributed by atoms with van der Waals surface area (Å²) in [7, 11) is 1.80. The van der Waals surface area contributed by atoms with E-state index in [2.05, 4.69) is 52.1 Å². The van der Waals surface area contributed by atoms with Crippen LogP contribution in [0.4, 0.5) is 0 Å². The molecule has 0 saturated carbocycles. The Kier molecular flexibility index (Phi) is 4.90. The van der Waals surface area contributed by atoms with Crippen molar-refractivity contribution in [2.24, 2.45) is 0 Å². The summed E-state index contributed by atoms with van der Waals surface area (Å²) in [5, 5.41) is 0. The van der Waals surface area contributed by atoms with Gasteiger partial charge in [0.1, 0.15) is 4.60 Å². The van der Waals surface area contributed by atoms with Crippen LogP contribution in [-0.2, 0) is 13.0 Å². The van der Waals surface area contributed by atoms with Crippen molar-refractivity contribution in [1.82, 2.24) is 9.88 Å². The number of rotatable bonds is 4. The predicted molar refractivity (Wildman–Crippen MR) is 83.6 cm³/mol. The smallest absolute Gasteiger partial charge is 0.256 e. The van der Waals surface area contributed by atoms with E-state index in [9.17, 15) is 4.79 Å². The summed E-state index contributed by atoms with van der Waals surface area (Å²) in [6.07, 6.45) is 2.68. The predicted octanol–water partition coefficient (Wildman–Crippen LogP) is 3.68. The Morgan fingerprint density at radius 2 is 1.85 bits per heavy atom. The minimum Gasteiger partial charge on any atom is -0.337 e. The van der Waals surface area contributed by atoms with Crippen LogP contribution in [0.15, 0.2) is 47.2 Å². The first-order chi connectivity index (χ1) is 9.61. The number of nitrogens with zero attached hydrogens (tertiary/aromatic N) is 2. The van der Waals surface area contributed by atoms with Crippen molar-refractivity contribution in [2.45, 2.75) is 19.9 Å². The van der Waals surface area contributed by atoms with Gasteiger partial charge in [-0.15, -0.1) is 0 Å². The van der Waals surface area contributed by atoms with Crippen LogP contribution in [0, 0.1) is 0 Å². The molecule has 0 saturated heterocycles. The highest BCUT2D eigenvalue weighted by atomic mass is 79.9. The van der Waals surface area contributed by atoms with Crippen molar-refractivity contribution in [3.05, 3.63) is 63.9 Å². The molecule has 0 aliphatic carbocycles. The molecule has 0 unspecified atom stereocenters. The van der Waals surface area contributed by atoms with Gasteiger partial charge in [-0.2, -0.15) is 0 Å². The normalized spacial score (nSPS) is 10.3. The van der Waals surface area contributed by atoms with Gasteiger partial charge in [-0.05, 0) is 45.6 Å². The first-order valence-electron chi connectivity index (χ1n) is 6.55. The monoisotopic (exact) mass is 332 g/mol. The molecule has 0 aliphatic rings. The minimum absolute atomic E-state index is 0.0375. The molecule has 4 heteroatoms. The van der Waals surface area contributed by atoms with Crippen molar-refractivity contribution in [1.29, 1.82) is 0 Å². The maximum atomic E-state index is 12.3. The average molecular weight is 333 g/mol. The maximum absolute atomic E-state index is 12.3. The van der Waals surface area contributed by atoms with Crippen LogP contribution in [0.25, 0.3) is 0 Å². The second kappa shape index (κ2) is 6.66. The molecule has 2 aromatic rings. The molecule has 1 heterocycles. The highest BCUT2D eigenvalue weighted by Crippen LogP contribution is 2.16. The van der Waals surface area contributed by atoms with E-state index in [0.717, 1.165) is 12.0 Å². The van der Waals surface area contributed by atoms with Crippen molar-refractivity contribution in [2.75, 3.05) is 7.05 Å². The number of carbonyl (C=O) groups is 1. The quantitative estimate of drug-likeness (QED) is 0.800. The molecule has 104 valence electrons. The minimum atomic E-state index is -0.0375. The number of pyridine rings is 1. The Balaban J connectivity index is 2.09. The van der Waals surface area contributed by atoms with E-state index in [-0.39, 0.29) is 5.91 Å². The number of halogens is 1. The number of amides is 1. The van der Waals surface area contributed by atoms with E-state index < -0.39 is 0 Å². The summed E-state index contributed by atoms with van der Waals surface area (Å²) in [6, 6.07) is 11.9. The number of hydrogen-bond acceptors (Lipinski definition) is 2. The van der Waals surface area contributed by atoms with E-state index >= 15 is 0 Å². The molecule has 0 spiro atoms. The zero-order chi connectivity index (χ0) is 14.5. The fourth-order valence-corrected chi connectivity index (χ4v) is 2.40. The van der Waals surface area contributed by atoms with Gasteiger partial charge in [0.2, 0.25) is 0 Å². The molecule has 0 atom stereocenters. The summed E-state index contributed by atoms with van der Waals surface area (Å²) < 4.78 is 0.582. The van der Waals surface area contributed by atoms with E-state index in [4.69, 9.17) is 0 Å². The van der Waals surface area contributed by atoms with Crippen LogP contribution in [0.3, 0.4) is 0 Å². The molecule has 1 amide bonds. The highest BCUT2D eigenvalue weighted by Gasteiger charge is 2.15. The lowest BCUT2D eigenvalue weighted by atomic mass is 10.1. The van der Waals surface area contributed by atoms with E-state index in [1.54, 1.807) is 30.3 Å². The number of aromatic nitrogens is 1. The number of hydrogen-bond donors (Lipinski definition) is 0. The molecule has 1 aromatic heterocycles. The van der Waals surface area contributed by atoms with Crippen LogP contribution >= 0.6 is 15.9 Å². The van der Waals surface area contributed by atoms with E-state index in [0.29, 0.717) is 16.7 Å². The second-order valence-electron chi connectivity index (χ2n) is 4.67. The molecule has 0 aliphatic heterocycles. The first-order valence-corrected chi connectivity index (χ1v) is 7.35. The second-order valence-corrected chi connectivity index (χ2v) is 5.42. The molecule has 0 bridgehead atoms. The molecule has 1 aromatic carbocycles. The first kappa shape index (κ1) is 14.7. The average Bonchev–Trinajstić information content (AvgIpc) is 2.48. The SMILES string of the molecule is CCc1ccc(CN(C)C(=O)c2cccnc2Br)cc1. The van der Waals surface area contributed by atoms with Gasteiger partial charge < -0.3 is 4.90 Å². The Morgan fingerprint density at radius 1 is 1.20 bits per heavy atom. The molecular weight excluding hydrogens is 316 g/mol. The van der Waals surface area contributed by atoms with Gasteiger partial charge in [0.25, 0.3) is 5.91 Å². The summed E-state index contributed by atoms with van der Waals surface area (Å²) >= 11 is 3.31. The summed E-state index contributed by atoms with van der Waals surface area (Å²) in [5.41, 5.74) is 3.01. The number of carbonyl (C=O) groups excluding carboxylic acids is 1. The van der Waals surface area contributed by atoms with Crippen LogP contribution in [-0.4, -0.2) is 22.8 Å².